The van der Waals surface area contributed by atoms with Gasteiger partial charge < -0.3 is 34.4 Å². The molecule has 0 aromatic carbocycles. The van der Waals surface area contributed by atoms with Gasteiger partial charge in [-0.3, -0.25) is 4.79 Å². The molecule has 0 bridgehead atoms. The smallest absolute Gasteiger partial charge is 0.246 e. The van der Waals surface area contributed by atoms with Gasteiger partial charge in [-0.25, -0.2) is 0 Å². The van der Waals surface area contributed by atoms with Crippen molar-refractivity contribution in [2.24, 2.45) is 0 Å². The van der Waals surface area contributed by atoms with Crippen molar-refractivity contribution in [2.75, 3.05) is 65.9 Å². The maximum absolute atomic E-state index is 11.3. The van der Waals surface area contributed by atoms with Crippen molar-refractivity contribution in [2.45, 2.75) is 39.2 Å². The van der Waals surface area contributed by atoms with Crippen LogP contribution in [-0.4, -0.2) is 83.7 Å². The zero-order valence-corrected chi connectivity index (χ0v) is 16.5. The molecular formula is C18H36N2O6. The highest BCUT2D eigenvalue weighted by Gasteiger charge is 2.06. The average molecular weight is 376 g/mol. The van der Waals surface area contributed by atoms with Crippen LogP contribution in [0.4, 0.5) is 0 Å². The second kappa shape index (κ2) is 17.4. The van der Waals surface area contributed by atoms with Crippen molar-refractivity contribution in [3.05, 3.63) is 0 Å². The fraction of sp³-hybridized carbons (Fsp3) is 0.889. The molecule has 0 aliphatic carbocycles. The maximum Gasteiger partial charge on any atom is 0.246 e. The van der Waals surface area contributed by atoms with Gasteiger partial charge in [-0.15, -0.1) is 0 Å². The molecule has 0 rings (SSSR count). The van der Waals surface area contributed by atoms with E-state index in [-0.39, 0.29) is 24.7 Å². The van der Waals surface area contributed by atoms with Crippen LogP contribution in [0.25, 0.3) is 0 Å². The van der Waals surface area contributed by atoms with Gasteiger partial charge in [0.15, 0.2) is 0 Å². The molecule has 8 nitrogen and oxygen atoms in total. The van der Waals surface area contributed by atoms with E-state index in [9.17, 15) is 9.59 Å². The number of aldehydes is 1. The highest BCUT2D eigenvalue weighted by Crippen LogP contribution is 1.97. The van der Waals surface area contributed by atoms with Crippen LogP contribution < -0.4 is 10.6 Å². The van der Waals surface area contributed by atoms with E-state index in [2.05, 4.69) is 31.4 Å². The van der Waals surface area contributed by atoms with E-state index in [1.54, 1.807) is 0 Å². The van der Waals surface area contributed by atoms with Gasteiger partial charge in [-0.2, -0.15) is 0 Å². The van der Waals surface area contributed by atoms with E-state index in [1.165, 1.54) is 0 Å². The molecule has 8 heteroatoms. The second-order valence-corrected chi connectivity index (χ2v) is 6.75. The minimum atomic E-state index is -0.232. The molecule has 154 valence electrons. The number of nitrogens with one attached hydrogen (secondary N) is 2. The van der Waals surface area contributed by atoms with Gasteiger partial charge in [0, 0.05) is 25.3 Å². The van der Waals surface area contributed by atoms with Crippen LogP contribution in [-0.2, 0) is 28.5 Å². The first kappa shape index (κ1) is 24.9. The third-order valence-electron chi connectivity index (χ3n) is 3.07. The molecule has 26 heavy (non-hydrogen) atoms. The van der Waals surface area contributed by atoms with Gasteiger partial charge >= 0.3 is 0 Å². The minimum Gasteiger partial charge on any atom is -0.379 e. The number of rotatable bonds is 18. The zero-order chi connectivity index (χ0) is 19.5. The molecule has 0 saturated heterocycles. The number of ether oxygens (including phenoxy) is 4. The lowest BCUT2D eigenvalue weighted by Gasteiger charge is -2.20. The molecule has 0 aromatic heterocycles. The number of hydrogen-bond donors (Lipinski definition) is 2. The quantitative estimate of drug-likeness (QED) is 0.266. The maximum atomic E-state index is 11.3. The van der Waals surface area contributed by atoms with Crippen molar-refractivity contribution in [3.8, 4) is 0 Å². The van der Waals surface area contributed by atoms with Crippen molar-refractivity contribution < 1.29 is 28.5 Å². The Morgan fingerprint density at radius 3 is 1.92 bits per heavy atom. The van der Waals surface area contributed by atoms with Crippen LogP contribution in [0.1, 0.15) is 33.6 Å². The van der Waals surface area contributed by atoms with Gasteiger partial charge in [0.2, 0.25) is 5.91 Å². The van der Waals surface area contributed by atoms with E-state index in [4.69, 9.17) is 18.9 Å². The summed E-state index contributed by atoms with van der Waals surface area (Å²) in [6, 6.07) is 0. The minimum absolute atomic E-state index is 0.0595. The van der Waals surface area contributed by atoms with Gasteiger partial charge in [0.1, 0.15) is 19.5 Å². The number of carbonyl (C=O) groups is 2. The summed E-state index contributed by atoms with van der Waals surface area (Å²) in [6.45, 7) is 11.2. The van der Waals surface area contributed by atoms with Gasteiger partial charge in [-0.1, -0.05) is 0 Å². The molecule has 0 fully saturated rings. The molecule has 1 amide bonds. The second-order valence-electron chi connectivity index (χ2n) is 6.75. The summed E-state index contributed by atoms with van der Waals surface area (Å²) < 4.78 is 21.1. The number of carbonyl (C=O) groups excluding carboxylic acids is 2. The Kier molecular flexibility index (Phi) is 16.7. The Bertz CT molecular complexity index is 347. The van der Waals surface area contributed by atoms with Crippen LogP contribution >= 0.6 is 0 Å². The highest BCUT2D eigenvalue weighted by atomic mass is 16.5. The van der Waals surface area contributed by atoms with Crippen LogP contribution in [0.5, 0.6) is 0 Å². The first-order chi connectivity index (χ1) is 12.5. The van der Waals surface area contributed by atoms with Crippen LogP contribution in [0, 0.1) is 0 Å². The van der Waals surface area contributed by atoms with Gasteiger partial charge in [0.05, 0.1) is 26.4 Å². The van der Waals surface area contributed by atoms with Crippen molar-refractivity contribution in [1.82, 2.24) is 10.6 Å². The molecule has 0 spiro atoms. The number of hydrogen-bond acceptors (Lipinski definition) is 7. The zero-order valence-electron chi connectivity index (χ0n) is 16.5. The van der Waals surface area contributed by atoms with E-state index in [0.717, 1.165) is 19.6 Å². The molecule has 0 saturated carbocycles. The Labute approximate surface area is 157 Å². The Morgan fingerprint density at radius 2 is 1.38 bits per heavy atom. The van der Waals surface area contributed by atoms with Crippen molar-refractivity contribution in [1.29, 1.82) is 0 Å². The number of amides is 1. The molecule has 2 N–H and O–H groups in total. The molecule has 0 aliphatic heterocycles. The normalized spacial score (nSPS) is 11.5. The summed E-state index contributed by atoms with van der Waals surface area (Å²) in [4.78, 5) is 21.3. The molecular weight excluding hydrogens is 340 g/mol. The van der Waals surface area contributed by atoms with Gasteiger partial charge in [0.25, 0.3) is 0 Å². The summed E-state index contributed by atoms with van der Waals surface area (Å²) in [5.41, 5.74) is 0.153. The fourth-order valence-electron chi connectivity index (χ4n) is 1.83. The van der Waals surface area contributed by atoms with Crippen LogP contribution in [0.2, 0.25) is 0 Å². The first-order valence-electron chi connectivity index (χ1n) is 9.22. The van der Waals surface area contributed by atoms with Crippen molar-refractivity contribution >= 4 is 12.2 Å². The standard InChI is InChI=1S/C18H36N2O6/c1-18(2,3)20-7-5-10-24-13-15-25-14-12-23-9-4-6-19-17(22)16-26-11-8-21/h8,20H,4-7,9-16H2,1-3H3,(H,19,22). The Morgan fingerprint density at radius 1 is 0.846 bits per heavy atom. The molecule has 0 aromatic rings. The van der Waals surface area contributed by atoms with E-state index in [1.807, 2.05) is 0 Å². The Hall–Kier alpha value is -1.06. The third kappa shape index (κ3) is 21.0. The topological polar surface area (TPSA) is 95.1 Å². The Balaban J connectivity index is 3.13. The van der Waals surface area contributed by atoms with E-state index in [0.29, 0.717) is 52.3 Å². The first-order valence-corrected chi connectivity index (χ1v) is 9.22. The lowest BCUT2D eigenvalue weighted by Crippen LogP contribution is -2.36. The third-order valence-corrected chi connectivity index (χ3v) is 3.07. The van der Waals surface area contributed by atoms with E-state index >= 15 is 0 Å². The van der Waals surface area contributed by atoms with E-state index < -0.39 is 0 Å². The lowest BCUT2D eigenvalue weighted by atomic mass is 10.1. The predicted molar refractivity (Wildman–Crippen MR) is 99.3 cm³/mol. The van der Waals surface area contributed by atoms with Crippen LogP contribution in [0.15, 0.2) is 0 Å². The summed E-state index contributed by atoms with van der Waals surface area (Å²) in [6.07, 6.45) is 2.31. The van der Waals surface area contributed by atoms with Crippen molar-refractivity contribution in [3.63, 3.8) is 0 Å². The summed E-state index contributed by atoms with van der Waals surface area (Å²) in [5, 5.41) is 6.09. The lowest BCUT2D eigenvalue weighted by molar-refractivity contribution is -0.126. The summed E-state index contributed by atoms with van der Waals surface area (Å²) >= 11 is 0. The molecule has 0 aliphatic rings. The predicted octanol–water partition coefficient (Wildman–Crippen LogP) is 0.536. The van der Waals surface area contributed by atoms with Crippen LogP contribution in [0.3, 0.4) is 0 Å². The molecule has 0 heterocycles. The average Bonchev–Trinajstić information content (AvgIpc) is 2.57. The highest BCUT2D eigenvalue weighted by molar-refractivity contribution is 5.77. The SMILES string of the molecule is CC(C)(C)NCCCOCCOCCOCCCNC(=O)COCC=O. The monoisotopic (exact) mass is 376 g/mol. The fourth-order valence-corrected chi connectivity index (χ4v) is 1.83. The largest absolute Gasteiger partial charge is 0.379 e. The molecule has 0 radical (unpaired) electrons. The van der Waals surface area contributed by atoms with Gasteiger partial charge in [-0.05, 0) is 40.2 Å². The summed E-state index contributed by atoms with van der Waals surface area (Å²) in [5.74, 6) is -0.232. The summed E-state index contributed by atoms with van der Waals surface area (Å²) in [7, 11) is 0. The molecule has 0 unspecified atom stereocenters. The molecule has 0 atom stereocenters.